The highest BCUT2D eigenvalue weighted by molar-refractivity contribution is 9.10. The fourth-order valence-electron chi connectivity index (χ4n) is 4.07. The first-order valence-electron chi connectivity index (χ1n) is 4.69. The van der Waals surface area contributed by atoms with E-state index >= 15 is 0 Å². The number of ketones is 1. The molecule has 0 heterocycles. The van der Waals surface area contributed by atoms with Gasteiger partial charge in [0.15, 0.2) is 5.78 Å². The van der Waals surface area contributed by atoms with Gasteiger partial charge in [-0.2, -0.15) is 0 Å². The van der Waals surface area contributed by atoms with Crippen LogP contribution < -0.4 is 0 Å². The molecule has 4 rings (SSSR count). The summed E-state index contributed by atoms with van der Waals surface area (Å²) in [6.07, 6.45) is 3.46. The Morgan fingerprint density at radius 2 is 2.17 bits per heavy atom. The molecule has 0 radical (unpaired) electrons. The van der Waals surface area contributed by atoms with Crippen molar-refractivity contribution in [1.29, 1.82) is 0 Å². The van der Waals surface area contributed by atoms with Gasteiger partial charge in [0.1, 0.15) is 0 Å². The van der Waals surface area contributed by atoms with Crippen molar-refractivity contribution in [2.45, 2.75) is 37.4 Å². The summed E-state index contributed by atoms with van der Waals surface area (Å²) in [5.74, 6) is 1.14. The molecule has 1 nitrogen and oxygen atoms in total. The first kappa shape index (κ1) is 7.54. The smallest absolute Gasteiger partial charge is 0.156 e. The molecule has 4 bridgehead atoms. The molecule has 2 heteroatoms. The highest BCUT2D eigenvalue weighted by atomic mass is 79.9. The topological polar surface area (TPSA) is 17.1 Å². The number of hydrogen-bond donors (Lipinski definition) is 0. The molecule has 4 saturated carbocycles. The van der Waals surface area contributed by atoms with Crippen molar-refractivity contribution < 1.29 is 4.79 Å². The van der Waals surface area contributed by atoms with Gasteiger partial charge in [0.05, 0.1) is 4.32 Å². The third kappa shape index (κ3) is 0.417. The zero-order valence-electron chi connectivity index (χ0n) is 7.48. The van der Waals surface area contributed by atoms with Gasteiger partial charge < -0.3 is 0 Å². The lowest BCUT2D eigenvalue weighted by atomic mass is 9.60. The first-order valence-corrected chi connectivity index (χ1v) is 5.48. The van der Waals surface area contributed by atoms with Crippen LogP contribution in [0, 0.1) is 16.7 Å². The van der Waals surface area contributed by atoms with E-state index in [1.807, 2.05) is 0 Å². The molecule has 66 valence electrons. The van der Waals surface area contributed by atoms with Crippen molar-refractivity contribution in [3.63, 3.8) is 0 Å². The van der Waals surface area contributed by atoms with Crippen LogP contribution in [0.2, 0.25) is 0 Å². The molecule has 12 heavy (non-hydrogen) atoms. The number of rotatable bonds is 0. The van der Waals surface area contributed by atoms with Gasteiger partial charge in [-0.3, -0.25) is 4.79 Å². The lowest BCUT2D eigenvalue weighted by Gasteiger charge is -2.48. The van der Waals surface area contributed by atoms with Crippen LogP contribution in [0.5, 0.6) is 0 Å². The minimum absolute atomic E-state index is 0.0150. The molecule has 4 aliphatic rings. The van der Waals surface area contributed by atoms with Crippen LogP contribution in [-0.4, -0.2) is 10.1 Å². The molecule has 0 saturated heterocycles. The van der Waals surface area contributed by atoms with Crippen molar-refractivity contribution in [3.05, 3.63) is 0 Å². The summed E-state index contributed by atoms with van der Waals surface area (Å²) in [7, 11) is 0. The quantitative estimate of drug-likeness (QED) is 0.583. The molecule has 0 spiro atoms. The van der Waals surface area contributed by atoms with Crippen LogP contribution in [0.3, 0.4) is 0 Å². The van der Waals surface area contributed by atoms with Crippen molar-refractivity contribution in [2.75, 3.05) is 0 Å². The monoisotopic (exact) mass is 228 g/mol. The SMILES string of the molecule is C[C@@]12CC[C@@H]3[C@@](Br)(C[C@@]31C)C2=O. The van der Waals surface area contributed by atoms with Crippen molar-refractivity contribution in [2.24, 2.45) is 16.7 Å². The minimum atomic E-state index is -0.0885. The summed E-state index contributed by atoms with van der Waals surface area (Å²) >= 11 is 3.65. The summed E-state index contributed by atoms with van der Waals surface area (Å²) in [5, 5.41) is 0. The van der Waals surface area contributed by atoms with Gasteiger partial charge in [0.25, 0.3) is 0 Å². The third-order valence-corrected chi connectivity index (χ3v) is 6.21. The Bertz CT molecular complexity index is 300. The molecule has 4 fully saturated rings. The van der Waals surface area contributed by atoms with Crippen LogP contribution in [-0.2, 0) is 4.79 Å². The third-order valence-electron chi connectivity index (χ3n) is 5.02. The first-order chi connectivity index (χ1) is 5.45. The number of halogens is 1. The number of carbonyl (C=O) groups is 1. The Morgan fingerprint density at radius 1 is 1.50 bits per heavy atom. The molecular weight excluding hydrogens is 216 g/mol. The maximum atomic E-state index is 12.0. The molecule has 4 aliphatic carbocycles. The normalized spacial score (nSPS) is 66.9. The number of alkyl halides is 1. The van der Waals surface area contributed by atoms with Crippen LogP contribution >= 0.6 is 15.9 Å². The average molecular weight is 229 g/mol. The highest BCUT2D eigenvalue weighted by Gasteiger charge is 2.82. The van der Waals surface area contributed by atoms with E-state index < -0.39 is 0 Å². The van der Waals surface area contributed by atoms with E-state index in [1.54, 1.807) is 0 Å². The zero-order valence-corrected chi connectivity index (χ0v) is 9.07. The number of hydrogen-bond acceptors (Lipinski definition) is 1. The Hall–Kier alpha value is 0.150. The lowest BCUT2D eigenvalue weighted by Crippen LogP contribution is -2.49. The molecule has 0 aromatic carbocycles. The minimum Gasteiger partial charge on any atom is -0.297 e. The fraction of sp³-hybridized carbons (Fsp3) is 0.900. The molecule has 4 atom stereocenters. The second-order valence-corrected chi connectivity index (χ2v) is 6.62. The maximum Gasteiger partial charge on any atom is 0.156 e. The highest BCUT2D eigenvalue weighted by Crippen LogP contribution is 2.81. The van der Waals surface area contributed by atoms with Crippen LogP contribution in [0.15, 0.2) is 0 Å². The van der Waals surface area contributed by atoms with E-state index in [-0.39, 0.29) is 9.74 Å². The van der Waals surface area contributed by atoms with E-state index in [0.717, 1.165) is 12.8 Å². The molecule has 0 aromatic heterocycles. The Morgan fingerprint density at radius 3 is 2.50 bits per heavy atom. The summed E-state index contributed by atoms with van der Waals surface area (Å²) in [4.78, 5) is 12.0. The van der Waals surface area contributed by atoms with Gasteiger partial charge >= 0.3 is 0 Å². The van der Waals surface area contributed by atoms with Gasteiger partial charge in [0.2, 0.25) is 0 Å². The maximum absolute atomic E-state index is 12.0. The molecule has 0 N–H and O–H groups in total. The predicted molar refractivity (Wildman–Crippen MR) is 50.2 cm³/mol. The van der Waals surface area contributed by atoms with Gasteiger partial charge in [-0.1, -0.05) is 29.8 Å². The molecule has 0 unspecified atom stereocenters. The summed E-state index contributed by atoms with van der Waals surface area (Å²) in [6, 6.07) is 0. The van der Waals surface area contributed by atoms with Gasteiger partial charge in [-0.05, 0) is 30.6 Å². The van der Waals surface area contributed by atoms with Gasteiger partial charge in [0, 0.05) is 5.41 Å². The second kappa shape index (κ2) is 1.56. The van der Waals surface area contributed by atoms with Crippen molar-refractivity contribution in [3.8, 4) is 0 Å². The van der Waals surface area contributed by atoms with E-state index in [1.165, 1.54) is 6.42 Å². The van der Waals surface area contributed by atoms with E-state index in [0.29, 0.717) is 17.1 Å². The Labute approximate surface area is 81.0 Å². The van der Waals surface area contributed by atoms with E-state index in [2.05, 4.69) is 29.8 Å². The number of carbonyl (C=O) groups excluding carboxylic acids is 1. The van der Waals surface area contributed by atoms with Crippen LogP contribution in [0.4, 0.5) is 0 Å². The summed E-state index contributed by atoms with van der Waals surface area (Å²) < 4.78 is -0.0885. The van der Waals surface area contributed by atoms with E-state index in [9.17, 15) is 4.79 Å². The average Bonchev–Trinajstić information content (AvgIpc) is 2.30. The Balaban J connectivity index is 2.24. The Kier molecular flexibility index (Phi) is 0.980. The van der Waals surface area contributed by atoms with Crippen molar-refractivity contribution in [1.82, 2.24) is 0 Å². The van der Waals surface area contributed by atoms with Gasteiger partial charge in [-0.25, -0.2) is 0 Å². The van der Waals surface area contributed by atoms with Crippen LogP contribution in [0.1, 0.15) is 33.1 Å². The van der Waals surface area contributed by atoms with Gasteiger partial charge in [-0.15, -0.1) is 0 Å². The van der Waals surface area contributed by atoms with E-state index in [4.69, 9.17) is 0 Å². The lowest BCUT2D eigenvalue weighted by molar-refractivity contribution is -0.126. The summed E-state index contributed by atoms with van der Waals surface area (Å²) in [5.41, 5.74) is 0.356. The van der Waals surface area contributed by atoms with Crippen molar-refractivity contribution >= 4 is 21.7 Å². The molecule has 0 aromatic rings. The van der Waals surface area contributed by atoms with Crippen LogP contribution in [0.25, 0.3) is 0 Å². The zero-order chi connectivity index (χ0) is 8.78. The predicted octanol–water partition coefficient (Wildman–Crippen LogP) is 2.53. The largest absolute Gasteiger partial charge is 0.297 e. The summed E-state index contributed by atoms with van der Waals surface area (Å²) in [6.45, 7) is 4.47. The number of Topliss-reactive ketones (excluding diaryl/α,β-unsaturated/α-hetero) is 1. The molecule has 0 amide bonds. The standard InChI is InChI=1S/C10H13BrO/c1-8-4-3-6-9(8,2)5-10(6,11)7(8)12/h6H,3-5H2,1-2H3/t6-,8-,9-,10-/m0/s1. The second-order valence-electron chi connectivity index (χ2n) is 5.21. The molecule has 0 aliphatic heterocycles. The molecular formula is C10H13BrO. The fourth-order valence-corrected chi connectivity index (χ4v) is 5.82.